The summed E-state index contributed by atoms with van der Waals surface area (Å²) >= 11 is 5.89. The highest BCUT2D eigenvalue weighted by Gasteiger charge is 2.13. The molecule has 0 saturated heterocycles. The van der Waals surface area contributed by atoms with E-state index in [0.29, 0.717) is 30.3 Å². The van der Waals surface area contributed by atoms with Gasteiger partial charge in [0.25, 0.3) is 0 Å². The lowest BCUT2D eigenvalue weighted by molar-refractivity contribution is -0.137. The molecular formula is C19H19ClN2O3. The van der Waals surface area contributed by atoms with Gasteiger partial charge in [-0.25, -0.2) is 4.98 Å². The lowest BCUT2D eigenvalue weighted by Gasteiger charge is -2.10. The number of aryl methyl sites for hydroxylation is 2. The van der Waals surface area contributed by atoms with Crippen LogP contribution in [0, 0.1) is 6.92 Å². The zero-order chi connectivity index (χ0) is 17.8. The second-order valence-corrected chi connectivity index (χ2v) is 6.30. The highest BCUT2D eigenvalue weighted by atomic mass is 35.5. The van der Waals surface area contributed by atoms with Crippen LogP contribution in [-0.2, 0) is 17.9 Å². The number of nitrogens with zero attached hydrogens (tertiary/aromatic N) is 2. The predicted octanol–water partition coefficient (Wildman–Crippen LogP) is 4.44. The molecule has 0 bridgehead atoms. The summed E-state index contributed by atoms with van der Waals surface area (Å²) in [7, 11) is 0. The molecule has 1 N–H and O–H groups in total. The number of benzene rings is 2. The highest BCUT2D eigenvalue weighted by Crippen LogP contribution is 2.22. The first-order chi connectivity index (χ1) is 12.0. The average molecular weight is 359 g/mol. The zero-order valence-electron chi connectivity index (χ0n) is 13.9. The summed E-state index contributed by atoms with van der Waals surface area (Å²) in [5.74, 6) is 0.703. The Morgan fingerprint density at radius 2 is 2.00 bits per heavy atom. The number of carbonyl (C=O) groups is 1. The van der Waals surface area contributed by atoms with Crippen molar-refractivity contribution < 1.29 is 14.6 Å². The van der Waals surface area contributed by atoms with Gasteiger partial charge in [0.05, 0.1) is 11.0 Å². The van der Waals surface area contributed by atoms with Crippen LogP contribution in [0.3, 0.4) is 0 Å². The molecule has 0 radical (unpaired) electrons. The maximum atomic E-state index is 10.8. The van der Waals surface area contributed by atoms with E-state index in [2.05, 4.69) is 0 Å². The Labute approximate surface area is 150 Å². The van der Waals surface area contributed by atoms with Crippen LogP contribution < -0.4 is 4.74 Å². The van der Waals surface area contributed by atoms with Crippen LogP contribution >= 0.6 is 11.6 Å². The number of halogens is 1. The molecule has 0 unspecified atom stereocenters. The van der Waals surface area contributed by atoms with Crippen molar-refractivity contribution in [1.82, 2.24) is 9.55 Å². The van der Waals surface area contributed by atoms with Gasteiger partial charge in [0.1, 0.15) is 18.2 Å². The van der Waals surface area contributed by atoms with Crippen LogP contribution in [0.5, 0.6) is 5.75 Å². The summed E-state index contributed by atoms with van der Waals surface area (Å²) in [6.07, 6.45) is 0.672. The molecule has 0 fully saturated rings. The number of imidazole rings is 1. The van der Waals surface area contributed by atoms with Crippen molar-refractivity contribution in [2.75, 3.05) is 0 Å². The van der Waals surface area contributed by atoms with Gasteiger partial charge in [-0.3, -0.25) is 4.79 Å². The normalized spacial score (nSPS) is 11.0. The van der Waals surface area contributed by atoms with Gasteiger partial charge in [-0.1, -0.05) is 23.7 Å². The number of carboxylic acids is 1. The van der Waals surface area contributed by atoms with Crippen molar-refractivity contribution in [3.8, 4) is 5.75 Å². The first-order valence-corrected chi connectivity index (χ1v) is 8.47. The van der Waals surface area contributed by atoms with Crippen molar-refractivity contribution in [1.29, 1.82) is 0 Å². The first-order valence-electron chi connectivity index (χ1n) is 8.09. The molecule has 25 heavy (non-hydrogen) atoms. The Kier molecular flexibility index (Phi) is 5.24. The maximum absolute atomic E-state index is 10.8. The minimum atomic E-state index is -0.792. The number of ether oxygens (including phenoxy) is 1. The van der Waals surface area contributed by atoms with Gasteiger partial charge in [-0.2, -0.15) is 0 Å². The van der Waals surface area contributed by atoms with Crippen LogP contribution in [-0.4, -0.2) is 20.6 Å². The van der Waals surface area contributed by atoms with E-state index in [-0.39, 0.29) is 6.42 Å². The van der Waals surface area contributed by atoms with Gasteiger partial charge in [0.15, 0.2) is 0 Å². The van der Waals surface area contributed by atoms with Crippen LogP contribution in [0.25, 0.3) is 11.0 Å². The smallest absolute Gasteiger partial charge is 0.303 e. The Morgan fingerprint density at radius 1 is 1.24 bits per heavy atom. The molecule has 1 heterocycles. The molecule has 0 aliphatic rings. The van der Waals surface area contributed by atoms with Crippen molar-refractivity contribution in [3.63, 3.8) is 0 Å². The van der Waals surface area contributed by atoms with Gasteiger partial charge in [0.2, 0.25) is 0 Å². The van der Waals surface area contributed by atoms with Crippen LogP contribution in [0.15, 0.2) is 42.5 Å². The van der Waals surface area contributed by atoms with Crippen molar-refractivity contribution >= 4 is 28.6 Å². The monoisotopic (exact) mass is 358 g/mol. The third-order valence-corrected chi connectivity index (χ3v) is 4.27. The minimum absolute atomic E-state index is 0.128. The average Bonchev–Trinajstić information content (AvgIpc) is 2.94. The summed E-state index contributed by atoms with van der Waals surface area (Å²) in [6, 6.07) is 13.2. The van der Waals surface area contributed by atoms with Crippen molar-refractivity contribution in [2.24, 2.45) is 0 Å². The molecule has 6 heteroatoms. The molecule has 0 spiro atoms. The topological polar surface area (TPSA) is 64.4 Å². The second-order valence-electron chi connectivity index (χ2n) is 5.86. The van der Waals surface area contributed by atoms with Crippen LogP contribution in [0.1, 0.15) is 24.2 Å². The summed E-state index contributed by atoms with van der Waals surface area (Å²) in [5, 5.41) is 9.54. The van der Waals surface area contributed by atoms with Gasteiger partial charge < -0.3 is 14.4 Å². The van der Waals surface area contributed by atoms with E-state index in [9.17, 15) is 4.79 Å². The van der Waals surface area contributed by atoms with E-state index < -0.39 is 5.97 Å². The fourth-order valence-corrected chi connectivity index (χ4v) is 2.89. The number of aliphatic carboxylic acids is 1. The quantitative estimate of drug-likeness (QED) is 0.678. The molecule has 0 amide bonds. The Balaban J connectivity index is 1.85. The number of hydrogen-bond donors (Lipinski definition) is 1. The third-order valence-electron chi connectivity index (χ3n) is 4.01. The van der Waals surface area contributed by atoms with E-state index in [4.69, 9.17) is 26.4 Å². The molecule has 0 atom stereocenters. The molecule has 0 aliphatic heterocycles. The second kappa shape index (κ2) is 7.57. The molecule has 0 aliphatic carbocycles. The van der Waals surface area contributed by atoms with Gasteiger partial charge >= 0.3 is 5.97 Å². The lowest BCUT2D eigenvalue weighted by Crippen LogP contribution is -2.09. The van der Waals surface area contributed by atoms with E-state index in [0.717, 1.165) is 22.4 Å². The van der Waals surface area contributed by atoms with Crippen LogP contribution in [0.4, 0.5) is 0 Å². The van der Waals surface area contributed by atoms with E-state index in [1.54, 1.807) is 12.1 Å². The summed E-state index contributed by atoms with van der Waals surface area (Å²) in [4.78, 5) is 15.5. The predicted molar refractivity (Wildman–Crippen MR) is 97.1 cm³/mol. The Morgan fingerprint density at radius 3 is 2.72 bits per heavy atom. The van der Waals surface area contributed by atoms with Crippen molar-refractivity contribution in [3.05, 3.63) is 58.9 Å². The largest absolute Gasteiger partial charge is 0.486 e. The number of aromatic nitrogens is 2. The van der Waals surface area contributed by atoms with E-state index in [1.165, 1.54) is 0 Å². The number of para-hydroxylation sites is 1. The zero-order valence-corrected chi connectivity index (χ0v) is 14.7. The molecule has 130 valence electrons. The maximum Gasteiger partial charge on any atom is 0.303 e. The minimum Gasteiger partial charge on any atom is -0.486 e. The molecule has 1 aromatic heterocycles. The molecule has 3 rings (SSSR count). The highest BCUT2D eigenvalue weighted by molar-refractivity contribution is 6.30. The summed E-state index contributed by atoms with van der Waals surface area (Å²) < 4.78 is 7.87. The Hall–Kier alpha value is -2.53. The van der Waals surface area contributed by atoms with Gasteiger partial charge in [-0.05, 0) is 49.2 Å². The van der Waals surface area contributed by atoms with E-state index >= 15 is 0 Å². The SMILES string of the molecule is Cc1cccc2c1nc(COc1ccc(Cl)cc1)n2CCCC(=O)O. The fraction of sp³-hybridized carbons (Fsp3) is 0.263. The molecule has 0 saturated carbocycles. The number of fused-ring (bicyclic) bond motifs is 1. The first kappa shape index (κ1) is 17.3. The third kappa shape index (κ3) is 4.12. The number of rotatable bonds is 7. The Bertz CT molecular complexity index is 888. The summed E-state index contributed by atoms with van der Waals surface area (Å²) in [6.45, 7) is 2.91. The summed E-state index contributed by atoms with van der Waals surface area (Å²) in [5.41, 5.74) is 3.01. The van der Waals surface area contributed by atoms with Crippen molar-refractivity contribution in [2.45, 2.75) is 32.9 Å². The molecular weight excluding hydrogens is 340 g/mol. The lowest BCUT2D eigenvalue weighted by atomic mass is 10.2. The van der Waals surface area contributed by atoms with Gasteiger partial charge in [-0.15, -0.1) is 0 Å². The standard InChI is InChI=1S/C19H19ClN2O3/c1-13-4-2-5-16-19(13)21-17(22(16)11-3-6-18(23)24)12-25-15-9-7-14(20)8-10-15/h2,4-5,7-10H,3,6,11-12H2,1H3,(H,23,24). The van der Waals surface area contributed by atoms with E-state index in [1.807, 2.05) is 41.8 Å². The molecule has 5 nitrogen and oxygen atoms in total. The van der Waals surface area contributed by atoms with Crippen LogP contribution in [0.2, 0.25) is 5.02 Å². The van der Waals surface area contributed by atoms with Gasteiger partial charge in [0, 0.05) is 18.0 Å². The number of hydrogen-bond acceptors (Lipinski definition) is 3. The fourth-order valence-electron chi connectivity index (χ4n) is 2.76. The molecule has 3 aromatic rings. The molecule has 2 aromatic carbocycles. The number of carboxylic acid groups (broad SMARTS) is 1.